The average molecular weight is 412 g/mol. The summed E-state index contributed by atoms with van der Waals surface area (Å²) in [6.45, 7) is 1.93. The van der Waals surface area contributed by atoms with Crippen molar-refractivity contribution in [2.75, 3.05) is 19.7 Å². The smallest absolute Gasteiger partial charge is 0.322 e. The van der Waals surface area contributed by atoms with Crippen LogP contribution in [0.2, 0.25) is 0 Å². The first-order chi connectivity index (χ1) is 14.4. The number of carbonyl (C=O) groups excluding carboxylic acids is 4. The topological polar surface area (TPSA) is 117 Å². The third-order valence-electron chi connectivity index (χ3n) is 6.58. The van der Waals surface area contributed by atoms with Crippen LogP contribution in [0.15, 0.2) is 18.2 Å². The van der Waals surface area contributed by atoms with Crippen LogP contribution in [0.1, 0.15) is 41.6 Å². The molecule has 1 saturated carbocycles. The van der Waals surface area contributed by atoms with E-state index < -0.39 is 12.1 Å². The van der Waals surface area contributed by atoms with Gasteiger partial charge in [-0.05, 0) is 43.0 Å². The van der Waals surface area contributed by atoms with E-state index in [9.17, 15) is 19.2 Å². The van der Waals surface area contributed by atoms with E-state index in [0.29, 0.717) is 25.3 Å². The Morgan fingerprint density at radius 2 is 2.03 bits per heavy atom. The second-order valence-corrected chi connectivity index (χ2v) is 8.59. The third kappa shape index (κ3) is 3.38. The van der Waals surface area contributed by atoms with Gasteiger partial charge in [0.1, 0.15) is 11.8 Å². The van der Waals surface area contributed by atoms with Crippen LogP contribution in [-0.2, 0) is 16.0 Å². The van der Waals surface area contributed by atoms with Gasteiger partial charge in [-0.25, -0.2) is 4.79 Å². The van der Waals surface area contributed by atoms with E-state index in [1.807, 2.05) is 23.1 Å². The van der Waals surface area contributed by atoms with Crippen molar-refractivity contribution in [2.45, 2.75) is 43.7 Å². The van der Waals surface area contributed by atoms with E-state index >= 15 is 0 Å². The van der Waals surface area contributed by atoms with Crippen LogP contribution in [0.3, 0.4) is 0 Å². The molecule has 9 nitrogen and oxygen atoms in total. The first kappa shape index (κ1) is 18.9. The molecule has 1 aromatic rings. The lowest BCUT2D eigenvalue weighted by Crippen LogP contribution is -2.59. The number of hydrogen-bond donors (Lipinski definition) is 3. The lowest BCUT2D eigenvalue weighted by Gasteiger charge is -2.44. The third-order valence-corrected chi connectivity index (χ3v) is 6.58. The fourth-order valence-corrected chi connectivity index (χ4v) is 4.54. The van der Waals surface area contributed by atoms with Gasteiger partial charge in [0, 0.05) is 43.0 Å². The maximum absolute atomic E-state index is 12.8. The molecule has 0 aromatic heterocycles. The number of hydrogen-bond acceptors (Lipinski definition) is 5. The highest BCUT2D eigenvalue weighted by Gasteiger charge is 2.55. The van der Waals surface area contributed by atoms with Gasteiger partial charge in [-0.1, -0.05) is 0 Å². The summed E-state index contributed by atoms with van der Waals surface area (Å²) in [6, 6.07) is 4.44. The number of ether oxygens (including phenoxy) is 1. The number of benzene rings is 1. The standard InChI is InChI=1S/C21H24N4O5/c26-17(4-2-15-18(27)23-20(29)22-15)24-21(6-7-21)14-10-25(11-14)19(28)13-1-3-16-12(9-13)5-8-30-16/h1,3,9,14-15H,2,4-8,10-11H2,(H,24,26)(H2,22,23,27,29). The van der Waals surface area contributed by atoms with Gasteiger partial charge in [-0.15, -0.1) is 0 Å². The van der Waals surface area contributed by atoms with Crippen LogP contribution >= 0.6 is 0 Å². The number of carbonyl (C=O) groups is 4. The molecule has 9 heteroatoms. The lowest BCUT2D eigenvalue weighted by molar-refractivity contribution is -0.123. The molecule has 1 atom stereocenters. The maximum atomic E-state index is 12.8. The van der Waals surface area contributed by atoms with E-state index in [0.717, 1.165) is 30.6 Å². The van der Waals surface area contributed by atoms with Crippen LogP contribution in [0.4, 0.5) is 4.79 Å². The summed E-state index contributed by atoms with van der Waals surface area (Å²) < 4.78 is 5.50. The van der Waals surface area contributed by atoms with Gasteiger partial charge in [0.2, 0.25) is 5.91 Å². The fourth-order valence-electron chi connectivity index (χ4n) is 4.54. The van der Waals surface area contributed by atoms with Crippen molar-refractivity contribution in [2.24, 2.45) is 5.92 Å². The number of amides is 5. The first-order valence-electron chi connectivity index (χ1n) is 10.4. The monoisotopic (exact) mass is 412 g/mol. The highest BCUT2D eigenvalue weighted by molar-refractivity contribution is 6.04. The maximum Gasteiger partial charge on any atom is 0.322 e. The van der Waals surface area contributed by atoms with E-state index in [4.69, 9.17) is 4.74 Å². The Bertz CT molecular complexity index is 935. The highest BCUT2D eigenvalue weighted by Crippen LogP contribution is 2.46. The molecule has 0 spiro atoms. The Morgan fingerprint density at radius 3 is 2.73 bits per heavy atom. The second kappa shape index (κ2) is 7.00. The average Bonchev–Trinajstić information content (AvgIpc) is 3.14. The van der Waals surface area contributed by atoms with E-state index in [2.05, 4.69) is 16.0 Å². The highest BCUT2D eigenvalue weighted by atomic mass is 16.5. The first-order valence-corrected chi connectivity index (χ1v) is 10.4. The molecule has 3 aliphatic heterocycles. The number of nitrogens with one attached hydrogen (secondary N) is 3. The molecule has 3 fully saturated rings. The summed E-state index contributed by atoms with van der Waals surface area (Å²) in [6.07, 6.45) is 3.09. The molecule has 1 aromatic carbocycles. The molecule has 3 N–H and O–H groups in total. The van der Waals surface area contributed by atoms with Crippen molar-refractivity contribution in [3.63, 3.8) is 0 Å². The normalized spacial score (nSPS) is 23.7. The number of rotatable bonds is 6. The van der Waals surface area contributed by atoms with E-state index in [1.165, 1.54) is 0 Å². The van der Waals surface area contributed by atoms with Crippen LogP contribution in [0.25, 0.3) is 0 Å². The molecule has 3 heterocycles. The number of urea groups is 1. The quantitative estimate of drug-likeness (QED) is 0.582. The minimum Gasteiger partial charge on any atom is -0.493 e. The predicted molar refractivity (Wildman–Crippen MR) is 105 cm³/mol. The summed E-state index contributed by atoms with van der Waals surface area (Å²) >= 11 is 0. The van der Waals surface area contributed by atoms with Crippen molar-refractivity contribution in [3.8, 4) is 5.75 Å². The van der Waals surface area contributed by atoms with E-state index in [1.54, 1.807) is 0 Å². The van der Waals surface area contributed by atoms with Crippen molar-refractivity contribution >= 4 is 23.8 Å². The summed E-state index contributed by atoms with van der Waals surface area (Å²) in [5.74, 6) is 0.621. The molecular formula is C21H24N4O5. The summed E-state index contributed by atoms with van der Waals surface area (Å²) in [5, 5.41) is 7.78. The zero-order valence-corrected chi connectivity index (χ0v) is 16.5. The zero-order valence-electron chi connectivity index (χ0n) is 16.5. The Kier molecular flexibility index (Phi) is 4.41. The van der Waals surface area contributed by atoms with Gasteiger partial charge in [0.15, 0.2) is 0 Å². The van der Waals surface area contributed by atoms with Crippen molar-refractivity contribution in [1.29, 1.82) is 0 Å². The van der Waals surface area contributed by atoms with Gasteiger partial charge in [0.05, 0.1) is 6.61 Å². The van der Waals surface area contributed by atoms with Crippen LogP contribution in [0.5, 0.6) is 5.75 Å². The van der Waals surface area contributed by atoms with Crippen LogP contribution in [-0.4, -0.2) is 59.9 Å². The molecule has 0 bridgehead atoms. The molecule has 1 aliphatic carbocycles. The number of fused-ring (bicyclic) bond motifs is 1. The van der Waals surface area contributed by atoms with Crippen LogP contribution in [0, 0.1) is 5.92 Å². The van der Waals surface area contributed by atoms with Gasteiger partial charge in [0.25, 0.3) is 11.8 Å². The summed E-state index contributed by atoms with van der Waals surface area (Å²) in [5.41, 5.74) is 1.53. The molecular weight excluding hydrogens is 388 g/mol. The van der Waals surface area contributed by atoms with E-state index in [-0.39, 0.29) is 42.0 Å². The molecule has 158 valence electrons. The SMILES string of the molecule is O=C(CCC1NC(=O)NC1=O)NC1(C2CN(C(=O)c3ccc4c(c3)CCO4)C2)CC1. The molecule has 0 radical (unpaired) electrons. The molecule has 5 amide bonds. The molecule has 30 heavy (non-hydrogen) atoms. The Morgan fingerprint density at radius 1 is 1.23 bits per heavy atom. The Hall–Kier alpha value is -3.10. The molecule has 1 unspecified atom stereocenters. The van der Waals surface area contributed by atoms with Crippen molar-refractivity contribution in [3.05, 3.63) is 29.3 Å². The summed E-state index contributed by atoms with van der Waals surface area (Å²) in [4.78, 5) is 49.7. The van der Waals surface area contributed by atoms with Gasteiger partial charge >= 0.3 is 6.03 Å². The zero-order chi connectivity index (χ0) is 20.9. The van der Waals surface area contributed by atoms with Crippen LogP contribution < -0.4 is 20.7 Å². The minimum atomic E-state index is -0.645. The number of imide groups is 1. The Balaban J connectivity index is 1.11. The number of nitrogens with zero attached hydrogens (tertiary/aromatic N) is 1. The number of likely N-dealkylation sites (tertiary alicyclic amines) is 1. The second-order valence-electron chi connectivity index (χ2n) is 8.59. The predicted octanol–water partition coefficient (Wildman–Crippen LogP) is 0.331. The molecule has 2 saturated heterocycles. The van der Waals surface area contributed by atoms with Crippen molar-refractivity contribution < 1.29 is 23.9 Å². The van der Waals surface area contributed by atoms with Gasteiger partial charge in [-0.2, -0.15) is 0 Å². The summed E-state index contributed by atoms with van der Waals surface area (Å²) in [7, 11) is 0. The lowest BCUT2D eigenvalue weighted by atomic mass is 9.88. The van der Waals surface area contributed by atoms with Crippen molar-refractivity contribution in [1.82, 2.24) is 20.9 Å². The molecule has 4 aliphatic rings. The largest absolute Gasteiger partial charge is 0.493 e. The fraction of sp³-hybridized carbons (Fsp3) is 0.524. The van der Waals surface area contributed by atoms with Gasteiger partial charge < -0.3 is 20.3 Å². The molecule has 5 rings (SSSR count). The minimum absolute atomic E-state index is 0.0195. The van der Waals surface area contributed by atoms with Gasteiger partial charge in [-0.3, -0.25) is 19.7 Å². The Labute approximate surface area is 173 Å².